The Bertz CT molecular complexity index is 1200. The SMILES string of the molecule is [C-]#[N+]c1cnc2c(c1)N=C(C1(c3ccc(Nc4ccn(C)n4)c(CO)c3)CCC1)C2. The van der Waals surface area contributed by atoms with E-state index >= 15 is 0 Å². The summed E-state index contributed by atoms with van der Waals surface area (Å²) in [4.78, 5) is 12.8. The van der Waals surface area contributed by atoms with Crippen molar-refractivity contribution in [1.29, 1.82) is 0 Å². The van der Waals surface area contributed by atoms with Gasteiger partial charge in [-0.3, -0.25) is 14.7 Å². The van der Waals surface area contributed by atoms with Gasteiger partial charge in [-0.05, 0) is 30.5 Å². The molecule has 2 aliphatic rings. The Kier molecular flexibility index (Phi) is 4.37. The molecule has 1 aliphatic heterocycles. The van der Waals surface area contributed by atoms with Crippen LogP contribution in [0.5, 0.6) is 0 Å². The lowest BCUT2D eigenvalue weighted by molar-refractivity contribution is 0.281. The quantitative estimate of drug-likeness (QED) is 0.626. The van der Waals surface area contributed by atoms with Crippen molar-refractivity contribution in [2.75, 3.05) is 5.32 Å². The smallest absolute Gasteiger partial charge is 0.207 e. The first-order chi connectivity index (χ1) is 14.6. The van der Waals surface area contributed by atoms with Gasteiger partial charge in [0.15, 0.2) is 5.82 Å². The van der Waals surface area contributed by atoms with Crippen LogP contribution in [-0.4, -0.2) is 25.6 Å². The van der Waals surface area contributed by atoms with E-state index in [1.54, 1.807) is 10.9 Å². The molecule has 30 heavy (non-hydrogen) atoms. The molecule has 0 radical (unpaired) electrons. The van der Waals surface area contributed by atoms with E-state index in [9.17, 15) is 5.11 Å². The van der Waals surface area contributed by atoms with Crippen LogP contribution in [-0.2, 0) is 25.5 Å². The summed E-state index contributed by atoms with van der Waals surface area (Å²) in [6.07, 6.45) is 7.44. The first-order valence-corrected chi connectivity index (χ1v) is 10.1. The molecule has 0 amide bonds. The molecule has 3 heterocycles. The number of aliphatic hydroxyl groups is 1. The van der Waals surface area contributed by atoms with Crippen molar-refractivity contribution in [3.05, 3.63) is 71.0 Å². The molecular formula is C23H22N6O. The third-order valence-electron chi connectivity index (χ3n) is 6.22. The summed E-state index contributed by atoms with van der Waals surface area (Å²) < 4.78 is 1.74. The number of aromatic nitrogens is 3. The van der Waals surface area contributed by atoms with Crippen molar-refractivity contribution < 1.29 is 5.11 Å². The fourth-order valence-electron chi connectivity index (χ4n) is 4.42. The van der Waals surface area contributed by atoms with Crippen LogP contribution in [0.15, 0.2) is 47.7 Å². The second-order valence-electron chi connectivity index (χ2n) is 7.97. The van der Waals surface area contributed by atoms with Gasteiger partial charge in [0.05, 0.1) is 24.6 Å². The first-order valence-electron chi connectivity index (χ1n) is 10.1. The molecule has 2 aromatic heterocycles. The summed E-state index contributed by atoms with van der Waals surface area (Å²) in [6.45, 7) is 7.16. The molecule has 0 unspecified atom stereocenters. The monoisotopic (exact) mass is 398 g/mol. The zero-order chi connectivity index (χ0) is 20.7. The van der Waals surface area contributed by atoms with Gasteiger partial charge in [-0.2, -0.15) is 5.10 Å². The molecule has 5 rings (SSSR count). The van der Waals surface area contributed by atoms with Gasteiger partial charge in [-0.1, -0.05) is 18.6 Å². The van der Waals surface area contributed by atoms with Gasteiger partial charge in [0.2, 0.25) is 5.69 Å². The third-order valence-corrected chi connectivity index (χ3v) is 6.22. The molecule has 150 valence electrons. The predicted molar refractivity (Wildman–Crippen MR) is 116 cm³/mol. The molecule has 7 heteroatoms. The zero-order valence-electron chi connectivity index (χ0n) is 16.8. The van der Waals surface area contributed by atoms with Gasteiger partial charge in [0, 0.05) is 54.3 Å². The molecule has 3 aromatic rings. The number of nitrogens with zero attached hydrogens (tertiary/aromatic N) is 5. The maximum absolute atomic E-state index is 10.0. The summed E-state index contributed by atoms with van der Waals surface area (Å²) in [5.41, 5.74) is 6.17. The summed E-state index contributed by atoms with van der Waals surface area (Å²) in [5, 5.41) is 17.7. The van der Waals surface area contributed by atoms with Crippen LogP contribution in [0.4, 0.5) is 22.9 Å². The minimum Gasteiger partial charge on any atom is -0.392 e. The highest BCUT2D eigenvalue weighted by atomic mass is 16.3. The summed E-state index contributed by atoms with van der Waals surface area (Å²) in [7, 11) is 1.87. The largest absolute Gasteiger partial charge is 0.392 e. The number of hydrogen-bond donors (Lipinski definition) is 2. The van der Waals surface area contributed by atoms with Gasteiger partial charge in [-0.15, -0.1) is 0 Å². The average Bonchev–Trinajstić information content (AvgIpc) is 3.33. The van der Waals surface area contributed by atoms with Crippen molar-refractivity contribution in [2.45, 2.75) is 37.7 Å². The van der Waals surface area contributed by atoms with Crippen molar-refractivity contribution in [3.63, 3.8) is 0 Å². The van der Waals surface area contributed by atoms with E-state index < -0.39 is 0 Å². The molecule has 0 spiro atoms. The molecule has 0 saturated heterocycles. The number of fused-ring (bicyclic) bond motifs is 1. The van der Waals surface area contributed by atoms with E-state index in [-0.39, 0.29) is 12.0 Å². The Balaban J connectivity index is 1.48. The van der Waals surface area contributed by atoms with E-state index in [4.69, 9.17) is 11.6 Å². The molecule has 1 aliphatic carbocycles. The molecule has 7 nitrogen and oxygen atoms in total. The maximum atomic E-state index is 10.0. The highest BCUT2D eigenvalue weighted by Crippen LogP contribution is 2.49. The normalized spacial score (nSPS) is 16.4. The number of benzene rings is 1. The molecule has 1 aromatic carbocycles. The van der Waals surface area contributed by atoms with Crippen LogP contribution in [0.1, 0.15) is 36.1 Å². The molecule has 0 atom stereocenters. The van der Waals surface area contributed by atoms with Crippen LogP contribution in [0.3, 0.4) is 0 Å². The van der Waals surface area contributed by atoms with Crippen molar-refractivity contribution in [2.24, 2.45) is 12.0 Å². The Morgan fingerprint density at radius 3 is 2.80 bits per heavy atom. The first kappa shape index (κ1) is 18.5. The second kappa shape index (κ2) is 7.08. The standard InChI is InChI=1S/C23H22N6O/c1-24-17-11-20-19(25-13-17)12-21(26-20)23(7-3-8-23)16-4-5-18(15(10-16)14-30)27-22-6-9-29(2)28-22/h4-6,9-11,13,30H,3,7-8,12,14H2,2H3,(H,27,28). The number of rotatable bonds is 5. The number of aliphatic hydroxyl groups excluding tert-OH is 1. The van der Waals surface area contributed by atoms with Crippen molar-refractivity contribution >= 4 is 28.6 Å². The Hall–Kier alpha value is -3.50. The fraction of sp³-hybridized carbons (Fsp3) is 0.304. The third kappa shape index (κ3) is 2.97. The van der Waals surface area contributed by atoms with Crippen LogP contribution in [0, 0.1) is 6.57 Å². The van der Waals surface area contributed by atoms with Crippen LogP contribution in [0.25, 0.3) is 4.85 Å². The topological polar surface area (TPSA) is 79.7 Å². The highest BCUT2D eigenvalue weighted by Gasteiger charge is 2.45. The van der Waals surface area contributed by atoms with Crippen LogP contribution < -0.4 is 5.32 Å². The minimum atomic E-state index is -0.119. The molecule has 0 bridgehead atoms. The molecule has 1 saturated carbocycles. The van der Waals surface area contributed by atoms with Crippen molar-refractivity contribution in [3.8, 4) is 0 Å². The Labute approximate surface area is 174 Å². The van der Waals surface area contributed by atoms with Crippen molar-refractivity contribution in [1.82, 2.24) is 14.8 Å². The molecule has 1 fully saturated rings. The van der Waals surface area contributed by atoms with E-state index in [2.05, 4.69) is 32.4 Å². The zero-order valence-corrected chi connectivity index (χ0v) is 16.8. The highest BCUT2D eigenvalue weighted by molar-refractivity contribution is 6.02. The minimum absolute atomic E-state index is 0.0539. The predicted octanol–water partition coefficient (Wildman–Crippen LogP) is 4.35. The van der Waals surface area contributed by atoms with E-state index in [0.29, 0.717) is 5.69 Å². The number of anilines is 2. The number of aryl methyl sites for hydroxylation is 1. The van der Waals surface area contributed by atoms with E-state index in [1.807, 2.05) is 31.4 Å². The van der Waals surface area contributed by atoms with Crippen LogP contribution >= 0.6 is 0 Å². The van der Waals surface area contributed by atoms with E-state index in [1.165, 1.54) is 5.56 Å². The summed E-state index contributed by atoms with van der Waals surface area (Å²) in [5.74, 6) is 0.746. The molecular weight excluding hydrogens is 376 g/mol. The van der Waals surface area contributed by atoms with E-state index in [0.717, 1.165) is 59.8 Å². The van der Waals surface area contributed by atoms with Gasteiger partial charge >= 0.3 is 0 Å². The van der Waals surface area contributed by atoms with Gasteiger partial charge < -0.3 is 10.4 Å². The maximum Gasteiger partial charge on any atom is 0.207 e. The number of pyridine rings is 1. The lowest BCUT2D eigenvalue weighted by Crippen LogP contribution is -2.42. The van der Waals surface area contributed by atoms with Crippen LogP contribution in [0.2, 0.25) is 0 Å². The van der Waals surface area contributed by atoms with Gasteiger partial charge in [-0.25, -0.2) is 4.85 Å². The second-order valence-corrected chi connectivity index (χ2v) is 7.97. The number of hydrogen-bond acceptors (Lipinski definition) is 5. The lowest BCUT2D eigenvalue weighted by atomic mass is 9.61. The Morgan fingerprint density at radius 1 is 1.27 bits per heavy atom. The summed E-state index contributed by atoms with van der Waals surface area (Å²) in [6, 6.07) is 9.97. The average molecular weight is 398 g/mol. The van der Waals surface area contributed by atoms with Gasteiger partial charge in [0.1, 0.15) is 0 Å². The number of nitrogens with one attached hydrogen (secondary N) is 1. The fourth-order valence-corrected chi connectivity index (χ4v) is 4.42. The summed E-state index contributed by atoms with van der Waals surface area (Å²) >= 11 is 0. The Morgan fingerprint density at radius 2 is 2.13 bits per heavy atom. The lowest BCUT2D eigenvalue weighted by Gasteiger charge is -2.43. The molecule has 2 N–H and O–H groups in total. The van der Waals surface area contributed by atoms with Gasteiger partial charge in [0.25, 0.3) is 0 Å². The number of aliphatic imine (C=N–C) groups is 1.